The van der Waals surface area contributed by atoms with Crippen LogP contribution in [0.15, 0.2) is 72.8 Å². The molecule has 170 valence electrons. The molecule has 4 aromatic rings. The van der Waals surface area contributed by atoms with E-state index in [1.54, 1.807) is 30.4 Å². The first-order valence-electron chi connectivity index (χ1n) is 11.6. The maximum atomic E-state index is 14.3. The third-order valence-corrected chi connectivity index (χ3v) is 6.75. The molecule has 0 heterocycles. The first kappa shape index (κ1) is 22.0. The van der Waals surface area contributed by atoms with E-state index in [0.717, 1.165) is 34.6 Å². The fourth-order valence-electron chi connectivity index (χ4n) is 5.02. The van der Waals surface area contributed by atoms with Gasteiger partial charge in [-0.3, -0.25) is 9.59 Å². The number of carbonyl (C=O) groups excluding carboxylic acids is 2. The lowest BCUT2D eigenvalue weighted by Gasteiger charge is -2.19. The number of carbonyl (C=O) groups is 2. The van der Waals surface area contributed by atoms with Crippen LogP contribution in [-0.2, 0) is 22.4 Å². The molecule has 0 bridgehead atoms. The van der Waals surface area contributed by atoms with Gasteiger partial charge in [0.05, 0.1) is 7.11 Å². The molecule has 0 spiro atoms. The van der Waals surface area contributed by atoms with Crippen LogP contribution in [-0.4, -0.2) is 18.9 Å². The average Bonchev–Trinajstić information content (AvgIpc) is 2.89. The second-order valence-electron chi connectivity index (χ2n) is 8.72. The van der Waals surface area contributed by atoms with Crippen molar-refractivity contribution in [2.24, 2.45) is 5.92 Å². The van der Waals surface area contributed by atoms with Gasteiger partial charge in [-0.25, -0.2) is 4.39 Å². The monoisotopic (exact) mass is 452 g/mol. The highest BCUT2D eigenvalue weighted by molar-refractivity contribution is 6.14. The SMILES string of the molecule is COC(=O)C1C=Cc2ccccc2C1=O.Fc1cc2c3c(ccc2c2ccccc12)CCCC3. The van der Waals surface area contributed by atoms with E-state index in [4.69, 9.17) is 0 Å². The topological polar surface area (TPSA) is 43.4 Å². The summed E-state index contributed by atoms with van der Waals surface area (Å²) in [5.74, 6) is -1.59. The zero-order valence-corrected chi connectivity index (χ0v) is 19.0. The summed E-state index contributed by atoms with van der Waals surface area (Å²) in [6.45, 7) is 0. The quantitative estimate of drug-likeness (QED) is 0.183. The summed E-state index contributed by atoms with van der Waals surface area (Å²) in [6, 6.07) is 21.1. The molecule has 0 fully saturated rings. The molecule has 0 aromatic heterocycles. The fraction of sp³-hybridized carbons (Fsp3) is 0.200. The van der Waals surface area contributed by atoms with Crippen molar-refractivity contribution in [3.05, 3.63) is 101 Å². The second-order valence-corrected chi connectivity index (χ2v) is 8.72. The summed E-state index contributed by atoms with van der Waals surface area (Å²) in [5.41, 5.74) is 4.21. The summed E-state index contributed by atoms with van der Waals surface area (Å²) in [7, 11) is 1.28. The molecule has 4 heteroatoms. The molecule has 2 aliphatic carbocycles. The molecule has 0 saturated carbocycles. The number of esters is 1. The normalized spacial score (nSPS) is 16.4. The van der Waals surface area contributed by atoms with Gasteiger partial charge in [-0.2, -0.15) is 0 Å². The minimum atomic E-state index is -0.787. The lowest BCUT2D eigenvalue weighted by molar-refractivity contribution is -0.142. The smallest absolute Gasteiger partial charge is 0.320 e. The minimum absolute atomic E-state index is 0.0953. The van der Waals surface area contributed by atoms with Crippen LogP contribution in [0.25, 0.3) is 27.6 Å². The van der Waals surface area contributed by atoms with Gasteiger partial charge in [0.1, 0.15) is 11.7 Å². The van der Waals surface area contributed by atoms with Crippen LogP contribution in [0, 0.1) is 11.7 Å². The predicted molar refractivity (Wildman–Crippen MR) is 133 cm³/mol. The summed E-state index contributed by atoms with van der Waals surface area (Å²) in [5, 5.41) is 4.07. The predicted octanol–water partition coefficient (Wildman–Crippen LogP) is 6.70. The minimum Gasteiger partial charge on any atom is -0.468 e. The van der Waals surface area contributed by atoms with E-state index in [0.29, 0.717) is 5.56 Å². The molecule has 1 atom stereocenters. The molecular weight excluding hydrogens is 427 g/mol. The van der Waals surface area contributed by atoms with E-state index in [2.05, 4.69) is 16.9 Å². The Labute approximate surface area is 197 Å². The van der Waals surface area contributed by atoms with Gasteiger partial charge in [0.15, 0.2) is 5.78 Å². The van der Waals surface area contributed by atoms with Crippen LogP contribution >= 0.6 is 0 Å². The summed E-state index contributed by atoms with van der Waals surface area (Å²) in [4.78, 5) is 23.2. The molecule has 0 saturated heterocycles. The van der Waals surface area contributed by atoms with Crippen LogP contribution in [0.1, 0.15) is 39.9 Å². The van der Waals surface area contributed by atoms with Gasteiger partial charge >= 0.3 is 5.97 Å². The van der Waals surface area contributed by atoms with Gasteiger partial charge in [-0.05, 0) is 64.6 Å². The maximum absolute atomic E-state index is 14.3. The largest absolute Gasteiger partial charge is 0.468 e. The number of halogens is 1. The zero-order valence-electron chi connectivity index (χ0n) is 19.0. The number of hydrogen-bond donors (Lipinski definition) is 0. The molecular formula is C30H25FO3. The Morgan fingerprint density at radius 3 is 2.41 bits per heavy atom. The first-order valence-corrected chi connectivity index (χ1v) is 11.6. The number of ether oxygens (including phenoxy) is 1. The van der Waals surface area contributed by atoms with E-state index in [1.165, 1.54) is 36.5 Å². The van der Waals surface area contributed by atoms with Crippen molar-refractivity contribution in [1.29, 1.82) is 0 Å². The fourth-order valence-corrected chi connectivity index (χ4v) is 5.02. The number of methoxy groups -OCH3 is 1. The number of hydrogen-bond acceptors (Lipinski definition) is 3. The van der Waals surface area contributed by atoms with Crippen molar-refractivity contribution in [1.82, 2.24) is 0 Å². The Balaban J connectivity index is 0.000000146. The van der Waals surface area contributed by atoms with Crippen LogP contribution in [0.3, 0.4) is 0 Å². The van der Waals surface area contributed by atoms with Crippen LogP contribution in [0.2, 0.25) is 0 Å². The lowest BCUT2D eigenvalue weighted by Crippen LogP contribution is -2.26. The third-order valence-electron chi connectivity index (χ3n) is 6.75. The maximum Gasteiger partial charge on any atom is 0.320 e. The Hall–Kier alpha value is -3.79. The molecule has 0 radical (unpaired) electrons. The molecule has 0 N–H and O–H groups in total. The van der Waals surface area contributed by atoms with Crippen molar-refractivity contribution in [2.45, 2.75) is 25.7 Å². The standard InChI is InChI=1S/C18H15F.C12H10O3/c19-18-11-17-13-6-2-1-5-12(13)9-10-15(17)14-7-3-4-8-16(14)18;1-15-12(14)10-7-6-8-4-2-3-5-9(8)11(10)13/h3-4,7-11H,1-2,5-6H2;2-7,10H,1H3. The summed E-state index contributed by atoms with van der Waals surface area (Å²) < 4.78 is 18.9. The van der Waals surface area contributed by atoms with Crippen molar-refractivity contribution >= 4 is 39.4 Å². The van der Waals surface area contributed by atoms with Gasteiger partial charge in [0, 0.05) is 10.9 Å². The molecule has 0 amide bonds. The molecule has 6 rings (SSSR count). The van der Waals surface area contributed by atoms with Crippen molar-refractivity contribution < 1.29 is 18.7 Å². The molecule has 34 heavy (non-hydrogen) atoms. The van der Waals surface area contributed by atoms with E-state index in [-0.39, 0.29) is 11.6 Å². The van der Waals surface area contributed by atoms with Gasteiger partial charge < -0.3 is 4.74 Å². The van der Waals surface area contributed by atoms with Crippen LogP contribution < -0.4 is 0 Å². The number of fused-ring (bicyclic) bond motifs is 6. The number of Topliss-reactive ketones (excluding diaryl/α,β-unsaturated/α-hetero) is 1. The first-order chi connectivity index (χ1) is 16.6. The van der Waals surface area contributed by atoms with E-state index in [1.807, 2.05) is 36.4 Å². The second kappa shape index (κ2) is 9.22. The molecule has 4 aromatic carbocycles. The van der Waals surface area contributed by atoms with Crippen molar-refractivity contribution in [3.8, 4) is 0 Å². The number of benzene rings is 4. The zero-order chi connectivity index (χ0) is 23.7. The third kappa shape index (κ3) is 3.90. The highest BCUT2D eigenvalue weighted by atomic mass is 19.1. The molecule has 0 aliphatic heterocycles. The Kier molecular flexibility index (Phi) is 5.97. The Morgan fingerprint density at radius 2 is 1.59 bits per heavy atom. The Morgan fingerprint density at radius 1 is 0.882 bits per heavy atom. The van der Waals surface area contributed by atoms with E-state index < -0.39 is 11.9 Å². The molecule has 3 nitrogen and oxygen atoms in total. The van der Waals surface area contributed by atoms with Crippen LogP contribution in [0.4, 0.5) is 4.39 Å². The van der Waals surface area contributed by atoms with E-state index in [9.17, 15) is 14.0 Å². The average molecular weight is 453 g/mol. The van der Waals surface area contributed by atoms with Crippen LogP contribution in [0.5, 0.6) is 0 Å². The lowest BCUT2D eigenvalue weighted by atomic mass is 9.86. The number of aryl methyl sites for hydroxylation is 2. The molecule has 1 unspecified atom stereocenters. The van der Waals surface area contributed by atoms with Gasteiger partial charge in [-0.15, -0.1) is 0 Å². The van der Waals surface area contributed by atoms with E-state index >= 15 is 0 Å². The Bertz CT molecular complexity index is 1450. The van der Waals surface area contributed by atoms with Gasteiger partial charge in [0.2, 0.25) is 0 Å². The summed E-state index contributed by atoms with van der Waals surface area (Å²) in [6.07, 6.45) is 8.06. The highest BCUT2D eigenvalue weighted by Gasteiger charge is 2.29. The number of rotatable bonds is 1. The van der Waals surface area contributed by atoms with Crippen molar-refractivity contribution in [2.75, 3.05) is 7.11 Å². The number of ketones is 1. The van der Waals surface area contributed by atoms with Gasteiger partial charge in [-0.1, -0.05) is 72.8 Å². The summed E-state index contributed by atoms with van der Waals surface area (Å²) >= 11 is 0. The van der Waals surface area contributed by atoms with Gasteiger partial charge in [0.25, 0.3) is 0 Å². The highest BCUT2D eigenvalue weighted by Crippen LogP contribution is 2.34. The molecule has 2 aliphatic rings. The van der Waals surface area contributed by atoms with Crippen molar-refractivity contribution in [3.63, 3.8) is 0 Å².